The van der Waals surface area contributed by atoms with Gasteiger partial charge in [0.15, 0.2) is 0 Å². The van der Waals surface area contributed by atoms with Gasteiger partial charge in [-0.15, -0.1) is 0 Å². The van der Waals surface area contributed by atoms with Crippen molar-refractivity contribution < 1.29 is 9.53 Å². The Hall–Kier alpha value is -3.43. The number of halogens is 2. The number of hydrogen-bond donors (Lipinski definition) is 2. The number of nitrogens with one attached hydrogen (secondary N) is 1. The monoisotopic (exact) mass is 415 g/mol. The molecule has 0 fully saturated rings. The smallest absolute Gasteiger partial charge is 0.391 e. The fourth-order valence-corrected chi connectivity index (χ4v) is 3.13. The maximum atomic E-state index is 10.9. The maximum Gasteiger partial charge on any atom is 0.411 e. The standard InChI is InChI=1S/C17H11Cl2N7O2/c18-10-2-1-3-11(19)15(10)26-7-9-12(25-26)4-5-21-16(9)24-13-6-14(23-8-22-13)28-17(20)27/h1-8H,(H2,20,27)(H,21,22,23,24). The molecule has 3 heterocycles. The van der Waals surface area contributed by atoms with Crippen LogP contribution in [0, 0.1) is 0 Å². The summed E-state index contributed by atoms with van der Waals surface area (Å²) in [5, 5.41) is 9.19. The lowest BCUT2D eigenvalue weighted by Gasteiger charge is -2.06. The van der Waals surface area contributed by atoms with E-state index < -0.39 is 6.09 Å². The Balaban J connectivity index is 1.73. The largest absolute Gasteiger partial charge is 0.411 e. The molecule has 11 heteroatoms. The van der Waals surface area contributed by atoms with Crippen molar-refractivity contribution in [3.05, 3.63) is 59.1 Å². The number of nitrogens with zero attached hydrogens (tertiary/aromatic N) is 5. The number of benzene rings is 1. The minimum absolute atomic E-state index is 0.00993. The van der Waals surface area contributed by atoms with Crippen LogP contribution in [0.1, 0.15) is 0 Å². The number of anilines is 2. The van der Waals surface area contributed by atoms with E-state index in [1.54, 1.807) is 41.3 Å². The third-order valence-corrected chi connectivity index (χ3v) is 4.30. The number of carbonyl (C=O) groups is 1. The zero-order valence-corrected chi connectivity index (χ0v) is 15.5. The summed E-state index contributed by atoms with van der Waals surface area (Å²) in [7, 11) is 0. The first kappa shape index (κ1) is 18.0. The van der Waals surface area contributed by atoms with Gasteiger partial charge in [-0.1, -0.05) is 29.3 Å². The zero-order chi connectivity index (χ0) is 19.7. The highest BCUT2D eigenvalue weighted by Gasteiger charge is 2.14. The molecule has 4 aromatic rings. The summed E-state index contributed by atoms with van der Waals surface area (Å²) >= 11 is 12.5. The quantitative estimate of drug-likeness (QED) is 0.520. The lowest BCUT2D eigenvalue weighted by molar-refractivity contribution is 0.209. The van der Waals surface area contributed by atoms with E-state index in [1.807, 2.05) is 0 Å². The second kappa shape index (κ2) is 7.29. The van der Waals surface area contributed by atoms with Crippen molar-refractivity contribution in [1.82, 2.24) is 24.7 Å². The summed E-state index contributed by atoms with van der Waals surface area (Å²) in [6.45, 7) is 0. The van der Waals surface area contributed by atoms with Gasteiger partial charge in [0.2, 0.25) is 5.88 Å². The molecule has 0 saturated heterocycles. The zero-order valence-electron chi connectivity index (χ0n) is 14.0. The Morgan fingerprint density at radius 1 is 1.14 bits per heavy atom. The molecule has 0 radical (unpaired) electrons. The number of ether oxygens (including phenoxy) is 1. The second-order valence-corrected chi connectivity index (χ2v) is 6.34. The predicted octanol–water partition coefficient (Wildman–Crippen LogP) is 3.72. The van der Waals surface area contributed by atoms with Gasteiger partial charge in [-0.2, -0.15) is 5.10 Å². The third kappa shape index (κ3) is 3.53. The molecule has 3 N–H and O–H groups in total. The maximum absolute atomic E-state index is 10.9. The summed E-state index contributed by atoms with van der Waals surface area (Å²) in [4.78, 5) is 23.1. The van der Waals surface area contributed by atoms with E-state index in [4.69, 9.17) is 33.7 Å². The summed E-state index contributed by atoms with van der Waals surface area (Å²) in [6.07, 6.45) is 3.61. The van der Waals surface area contributed by atoms with Gasteiger partial charge >= 0.3 is 6.09 Å². The van der Waals surface area contributed by atoms with Crippen LogP contribution >= 0.6 is 23.2 Å². The molecule has 0 aliphatic heterocycles. The van der Waals surface area contributed by atoms with E-state index >= 15 is 0 Å². The minimum atomic E-state index is -0.970. The van der Waals surface area contributed by atoms with Gasteiger partial charge in [-0.05, 0) is 18.2 Å². The van der Waals surface area contributed by atoms with E-state index in [0.29, 0.717) is 38.3 Å². The number of carbonyl (C=O) groups excluding carboxylic acids is 1. The summed E-state index contributed by atoms with van der Waals surface area (Å²) in [6, 6.07) is 8.39. The Kier molecular flexibility index (Phi) is 4.68. The molecular weight excluding hydrogens is 405 g/mol. The van der Waals surface area contributed by atoms with Crippen LogP contribution in [0.4, 0.5) is 16.4 Å². The van der Waals surface area contributed by atoms with Crippen LogP contribution in [0.15, 0.2) is 49.1 Å². The van der Waals surface area contributed by atoms with Crippen molar-refractivity contribution in [3.63, 3.8) is 0 Å². The topological polar surface area (TPSA) is 121 Å². The van der Waals surface area contributed by atoms with Gasteiger partial charge in [0.05, 0.1) is 20.9 Å². The van der Waals surface area contributed by atoms with Gasteiger partial charge in [-0.3, -0.25) is 0 Å². The van der Waals surface area contributed by atoms with E-state index in [0.717, 1.165) is 0 Å². The summed E-state index contributed by atoms with van der Waals surface area (Å²) in [5.74, 6) is 0.848. The van der Waals surface area contributed by atoms with Crippen LogP contribution in [0.2, 0.25) is 10.0 Å². The van der Waals surface area contributed by atoms with E-state index in [-0.39, 0.29) is 5.88 Å². The summed E-state index contributed by atoms with van der Waals surface area (Å²) in [5.41, 5.74) is 6.22. The van der Waals surface area contributed by atoms with E-state index in [9.17, 15) is 4.79 Å². The number of primary amides is 1. The van der Waals surface area contributed by atoms with Crippen molar-refractivity contribution in [1.29, 1.82) is 0 Å². The fraction of sp³-hybridized carbons (Fsp3) is 0. The highest BCUT2D eigenvalue weighted by atomic mass is 35.5. The number of rotatable bonds is 4. The van der Waals surface area contributed by atoms with Crippen LogP contribution in [0.25, 0.3) is 16.6 Å². The van der Waals surface area contributed by atoms with Gasteiger partial charge in [0, 0.05) is 18.5 Å². The van der Waals surface area contributed by atoms with Crippen molar-refractivity contribution in [3.8, 4) is 11.6 Å². The van der Waals surface area contributed by atoms with Gasteiger partial charge in [0.1, 0.15) is 23.7 Å². The highest BCUT2D eigenvalue weighted by Crippen LogP contribution is 2.31. The number of hydrogen-bond acceptors (Lipinski definition) is 7. The molecule has 0 aliphatic rings. The number of para-hydroxylation sites is 1. The molecule has 28 heavy (non-hydrogen) atoms. The SMILES string of the molecule is NC(=O)Oc1cc(Nc2nccc3nn(-c4c(Cl)cccc4Cl)cc23)ncn1. The van der Waals surface area contributed by atoms with E-state index in [2.05, 4.69) is 25.4 Å². The number of fused-ring (bicyclic) bond motifs is 1. The molecule has 9 nitrogen and oxygen atoms in total. The lowest BCUT2D eigenvalue weighted by atomic mass is 10.3. The summed E-state index contributed by atoms with van der Waals surface area (Å²) < 4.78 is 6.34. The fourth-order valence-electron chi connectivity index (χ4n) is 2.55. The van der Waals surface area contributed by atoms with Crippen LogP contribution in [-0.4, -0.2) is 30.8 Å². The first-order chi connectivity index (χ1) is 13.5. The first-order valence-corrected chi connectivity index (χ1v) is 8.62. The lowest BCUT2D eigenvalue weighted by Crippen LogP contribution is -2.17. The van der Waals surface area contributed by atoms with Crippen LogP contribution in [0.3, 0.4) is 0 Å². The van der Waals surface area contributed by atoms with Gasteiger partial charge in [0.25, 0.3) is 0 Å². The Morgan fingerprint density at radius 3 is 2.68 bits per heavy atom. The molecule has 3 aromatic heterocycles. The van der Waals surface area contributed by atoms with E-state index in [1.165, 1.54) is 12.4 Å². The molecule has 1 amide bonds. The van der Waals surface area contributed by atoms with Crippen molar-refractivity contribution in [2.24, 2.45) is 5.73 Å². The normalized spacial score (nSPS) is 10.8. The number of aromatic nitrogens is 5. The van der Waals surface area contributed by atoms with Crippen molar-refractivity contribution in [2.45, 2.75) is 0 Å². The molecular formula is C17H11Cl2N7O2. The number of nitrogens with two attached hydrogens (primary N) is 1. The molecule has 0 saturated carbocycles. The molecule has 0 unspecified atom stereocenters. The molecule has 0 atom stereocenters. The highest BCUT2D eigenvalue weighted by molar-refractivity contribution is 6.37. The van der Waals surface area contributed by atoms with Crippen LogP contribution in [-0.2, 0) is 0 Å². The van der Waals surface area contributed by atoms with Gasteiger partial charge in [-0.25, -0.2) is 24.4 Å². The number of amides is 1. The number of pyridine rings is 1. The molecule has 4 rings (SSSR count). The molecule has 0 spiro atoms. The van der Waals surface area contributed by atoms with Crippen molar-refractivity contribution >= 4 is 51.8 Å². The molecule has 0 bridgehead atoms. The predicted molar refractivity (Wildman–Crippen MR) is 104 cm³/mol. The Bertz CT molecular complexity index is 1180. The molecule has 1 aromatic carbocycles. The molecule has 0 aliphatic carbocycles. The second-order valence-electron chi connectivity index (χ2n) is 5.52. The average molecular weight is 416 g/mol. The third-order valence-electron chi connectivity index (χ3n) is 3.69. The van der Waals surface area contributed by atoms with Crippen LogP contribution in [0.5, 0.6) is 5.88 Å². The minimum Gasteiger partial charge on any atom is -0.391 e. The average Bonchev–Trinajstić information content (AvgIpc) is 3.06. The Morgan fingerprint density at radius 2 is 1.93 bits per heavy atom. The van der Waals surface area contributed by atoms with Gasteiger partial charge < -0.3 is 15.8 Å². The van der Waals surface area contributed by atoms with Crippen molar-refractivity contribution in [2.75, 3.05) is 5.32 Å². The Labute approximate surface area is 168 Å². The molecule has 140 valence electrons. The van der Waals surface area contributed by atoms with Crippen LogP contribution < -0.4 is 15.8 Å². The first-order valence-electron chi connectivity index (χ1n) is 7.86.